The van der Waals surface area contributed by atoms with E-state index in [4.69, 9.17) is 4.74 Å². The fraction of sp³-hybridized carbons (Fsp3) is 0.346. The second-order valence-corrected chi connectivity index (χ2v) is 8.85. The number of ether oxygens (including phenoxy) is 2. The zero-order valence-corrected chi connectivity index (χ0v) is 21.1. The Morgan fingerprint density at radius 3 is 2.39 bits per heavy atom. The number of aliphatic hydroxyl groups excluding tert-OH is 1. The molecule has 0 radical (unpaired) electrons. The van der Waals surface area contributed by atoms with Gasteiger partial charge in [-0.2, -0.15) is 0 Å². The molecule has 4 aromatic rings. The van der Waals surface area contributed by atoms with E-state index in [1.54, 1.807) is 4.57 Å². The topological polar surface area (TPSA) is 101 Å². The first kappa shape index (κ1) is 27.0. The standard InChI is InChI=1S/C26H27F3N4O5/c1-16-5-7-17(8-6-16)15-33-21(14-18-13-19(38-26(27,28)29)9-10-20(18)37-3)30-23-22(33)24(35)32(11-4-12-34)25(36)31(23)2/h5-10,13,34H,4,11-12,14-15H2,1-3H3. The first-order valence-electron chi connectivity index (χ1n) is 11.8. The summed E-state index contributed by atoms with van der Waals surface area (Å²) in [5.41, 5.74) is 1.41. The van der Waals surface area contributed by atoms with E-state index in [-0.39, 0.29) is 43.7 Å². The SMILES string of the molecule is COc1ccc(OC(F)(F)F)cc1Cc1nc2c(c(=O)n(CCCO)c(=O)n2C)n1Cc1ccc(C)cc1. The molecule has 0 bridgehead atoms. The van der Waals surface area contributed by atoms with Crippen molar-refractivity contribution in [2.24, 2.45) is 7.05 Å². The van der Waals surface area contributed by atoms with Gasteiger partial charge in [0.1, 0.15) is 17.3 Å². The van der Waals surface area contributed by atoms with Crippen LogP contribution in [0.1, 0.15) is 28.9 Å². The van der Waals surface area contributed by atoms with Crippen LogP contribution in [0.5, 0.6) is 11.5 Å². The van der Waals surface area contributed by atoms with E-state index in [0.29, 0.717) is 17.1 Å². The van der Waals surface area contributed by atoms with Crippen molar-refractivity contribution < 1.29 is 27.8 Å². The number of aromatic nitrogens is 4. The maximum Gasteiger partial charge on any atom is 0.573 e. The molecule has 0 atom stereocenters. The number of rotatable bonds is 9. The van der Waals surface area contributed by atoms with E-state index in [9.17, 15) is 27.9 Å². The van der Waals surface area contributed by atoms with Crippen molar-refractivity contribution in [2.75, 3.05) is 13.7 Å². The Hall–Kier alpha value is -4.06. The van der Waals surface area contributed by atoms with Crippen LogP contribution in [0.2, 0.25) is 0 Å². The van der Waals surface area contributed by atoms with Gasteiger partial charge in [-0.05, 0) is 37.1 Å². The number of benzene rings is 2. The number of methoxy groups -OCH3 is 1. The van der Waals surface area contributed by atoms with Crippen LogP contribution >= 0.6 is 0 Å². The first-order chi connectivity index (χ1) is 18.0. The van der Waals surface area contributed by atoms with Crippen molar-refractivity contribution in [2.45, 2.75) is 39.2 Å². The molecule has 2 aromatic carbocycles. The number of fused-ring (bicyclic) bond motifs is 1. The molecule has 0 unspecified atom stereocenters. The van der Waals surface area contributed by atoms with Gasteiger partial charge in [0.15, 0.2) is 11.2 Å². The molecule has 2 aromatic heterocycles. The molecule has 38 heavy (non-hydrogen) atoms. The molecule has 0 spiro atoms. The lowest BCUT2D eigenvalue weighted by Crippen LogP contribution is -2.40. The number of aliphatic hydroxyl groups is 1. The number of hydrogen-bond acceptors (Lipinski definition) is 6. The number of alkyl halides is 3. The summed E-state index contributed by atoms with van der Waals surface area (Å²) < 4.78 is 52.0. The quantitative estimate of drug-likeness (QED) is 0.356. The van der Waals surface area contributed by atoms with Gasteiger partial charge in [0.25, 0.3) is 5.56 Å². The molecule has 0 aliphatic heterocycles. The molecular weight excluding hydrogens is 505 g/mol. The Balaban J connectivity index is 1.92. The molecule has 0 saturated heterocycles. The molecule has 4 rings (SSSR count). The summed E-state index contributed by atoms with van der Waals surface area (Å²) in [4.78, 5) is 31.0. The predicted octanol–water partition coefficient (Wildman–Crippen LogP) is 3.13. The van der Waals surface area contributed by atoms with Crippen molar-refractivity contribution in [1.29, 1.82) is 0 Å². The van der Waals surface area contributed by atoms with Crippen LogP contribution in [0.3, 0.4) is 0 Å². The fourth-order valence-electron chi connectivity index (χ4n) is 4.28. The molecule has 9 nitrogen and oxygen atoms in total. The van der Waals surface area contributed by atoms with E-state index in [1.807, 2.05) is 31.2 Å². The maximum atomic E-state index is 13.5. The second-order valence-electron chi connectivity index (χ2n) is 8.85. The highest BCUT2D eigenvalue weighted by molar-refractivity contribution is 5.71. The fourth-order valence-corrected chi connectivity index (χ4v) is 4.28. The van der Waals surface area contributed by atoms with Gasteiger partial charge in [-0.1, -0.05) is 29.8 Å². The summed E-state index contributed by atoms with van der Waals surface area (Å²) in [5, 5.41) is 9.24. The van der Waals surface area contributed by atoms with Gasteiger partial charge in [0, 0.05) is 38.7 Å². The average molecular weight is 533 g/mol. The average Bonchev–Trinajstić information content (AvgIpc) is 3.21. The lowest BCUT2D eigenvalue weighted by molar-refractivity contribution is -0.274. The predicted molar refractivity (Wildman–Crippen MR) is 134 cm³/mol. The van der Waals surface area contributed by atoms with Gasteiger partial charge in [-0.25, -0.2) is 9.78 Å². The molecule has 0 fully saturated rings. The summed E-state index contributed by atoms with van der Waals surface area (Å²) in [6, 6.07) is 11.4. The molecule has 1 N–H and O–H groups in total. The third-order valence-corrected chi connectivity index (χ3v) is 6.15. The number of nitrogens with zero attached hydrogens (tertiary/aromatic N) is 4. The first-order valence-corrected chi connectivity index (χ1v) is 11.8. The maximum absolute atomic E-state index is 13.5. The molecule has 0 amide bonds. The Labute approximate surface area is 215 Å². The Morgan fingerprint density at radius 1 is 1.05 bits per heavy atom. The minimum Gasteiger partial charge on any atom is -0.496 e. The van der Waals surface area contributed by atoms with Crippen molar-refractivity contribution in [3.63, 3.8) is 0 Å². The molecule has 0 aliphatic carbocycles. The highest BCUT2D eigenvalue weighted by Gasteiger charge is 2.31. The van der Waals surface area contributed by atoms with Crippen LogP contribution in [-0.2, 0) is 26.6 Å². The Morgan fingerprint density at radius 2 is 1.76 bits per heavy atom. The van der Waals surface area contributed by atoms with Crippen LogP contribution < -0.4 is 20.7 Å². The largest absolute Gasteiger partial charge is 0.573 e. The van der Waals surface area contributed by atoms with Crippen molar-refractivity contribution in [3.05, 3.63) is 85.8 Å². The van der Waals surface area contributed by atoms with Crippen LogP contribution in [0.25, 0.3) is 11.2 Å². The Bertz CT molecular complexity index is 1570. The third-order valence-electron chi connectivity index (χ3n) is 6.15. The minimum atomic E-state index is -4.87. The van der Waals surface area contributed by atoms with E-state index in [1.165, 1.54) is 30.9 Å². The van der Waals surface area contributed by atoms with Crippen LogP contribution in [-0.4, -0.2) is 43.9 Å². The number of halogens is 3. The number of hydrogen-bond donors (Lipinski definition) is 1. The summed E-state index contributed by atoms with van der Waals surface area (Å²) in [6.07, 6.45) is -4.67. The van der Waals surface area contributed by atoms with Crippen molar-refractivity contribution in [3.8, 4) is 11.5 Å². The molecule has 202 valence electrons. The molecular formula is C26H27F3N4O5. The number of aryl methyl sites for hydroxylation is 2. The van der Waals surface area contributed by atoms with Crippen molar-refractivity contribution >= 4 is 11.2 Å². The zero-order chi connectivity index (χ0) is 27.6. The van der Waals surface area contributed by atoms with Gasteiger partial charge >= 0.3 is 12.1 Å². The van der Waals surface area contributed by atoms with Crippen LogP contribution in [0.4, 0.5) is 13.2 Å². The summed E-state index contributed by atoms with van der Waals surface area (Å²) in [6.45, 7) is 1.99. The Kier molecular flexibility index (Phi) is 7.63. The molecule has 0 saturated carbocycles. The van der Waals surface area contributed by atoms with E-state index < -0.39 is 23.4 Å². The molecule has 2 heterocycles. The van der Waals surface area contributed by atoms with Gasteiger partial charge in [-0.3, -0.25) is 13.9 Å². The smallest absolute Gasteiger partial charge is 0.496 e. The second kappa shape index (κ2) is 10.7. The zero-order valence-electron chi connectivity index (χ0n) is 21.1. The summed E-state index contributed by atoms with van der Waals surface area (Å²) in [5.74, 6) is 0.228. The molecule has 0 aliphatic rings. The highest BCUT2D eigenvalue weighted by Crippen LogP contribution is 2.30. The minimum absolute atomic E-state index is 0.0109. The van der Waals surface area contributed by atoms with E-state index >= 15 is 0 Å². The summed E-state index contributed by atoms with van der Waals surface area (Å²) in [7, 11) is 2.88. The van der Waals surface area contributed by atoms with Crippen molar-refractivity contribution in [1.82, 2.24) is 18.7 Å². The summed E-state index contributed by atoms with van der Waals surface area (Å²) >= 11 is 0. The van der Waals surface area contributed by atoms with Crippen LogP contribution in [0, 0.1) is 6.92 Å². The van der Waals surface area contributed by atoms with Gasteiger partial charge in [0.05, 0.1) is 7.11 Å². The third kappa shape index (κ3) is 5.59. The number of imidazole rings is 1. The normalized spacial score (nSPS) is 11.8. The highest BCUT2D eigenvalue weighted by atomic mass is 19.4. The van der Waals surface area contributed by atoms with Gasteiger partial charge in [0.2, 0.25) is 0 Å². The monoisotopic (exact) mass is 532 g/mol. The van der Waals surface area contributed by atoms with Crippen LogP contribution in [0.15, 0.2) is 52.1 Å². The van der Waals surface area contributed by atoms with E-state index in [2.05, 4.69) is 9.72 Å². The lowest BCUT2D eigenvalue weighted by Gasteiger charge is -2.14. The lowest BCUT2D eigenvalue weighted by atomic mass is 10.1. The van der Waals surface area contributed by atoms with Gasteiger partial charge < -0.3 is 19.1 Å². The van der Waals surface area contributed by atoms with Gasteiger partial charge in [-0.15, -0.1) is 13.2 Å². The molecule has 12 heteroatoms. The van der Waals surface area contributed by atoms with E-state index in [0.717, 1.165) is 21.8 Å².